The van der Waals surface area contributed by atoms with E-state index in [1.165, 1.54) is 10.8 Å². The second-order valence-corrected chi connectivity index (χ2v) is 3.79. The van der Waals surface area contributed by atoms with Crippen molar-refractivity contribution in [1.29, 1.82) is 0 Å². The normalized spacial score (nSPS) is 10.5. The molecule has 0 aliphatic heterocycles. The zero-order valence-corrected chi connectivity index (χ0v) is 8.46. The van der Waals surface area contributed by atoms with E-state index < -0.39 is 0 Å². The third kappa shape index (κ3) is 1.13. The van der Waals surface area contributed by atoms with Crippen molar-refractivity contribution in [2.45, 2.75) is 0 Å². The fraction of sp³-hybridized carbons (Fsp3) is 0. The molecule has 12 heavy (non-hydrogen) atoms. The molecule has 0 bridgehead atoms. The first-order valence-electron chi connectivity index (χ1n) is 3.74. The maximum atomic E-state index is 3.57. The van der Waals surface area contributed by atoms with Crippen LogP contribution in [0.15, 0.2) is 36.4 Å². The van der Waals surface area contributed by atoms with Crippen LogP contribution in [0, 0.1) is 0 Å². The highest BCUT2D eigenvalue weighted by Gasteiger charge is 1.97. The van der Waals surface area contributed by atoms with Crippen molar-refractivity contribution in [3.63, 3.8) is 0 Å². The Balaban J connectivity index is 2.96. The minimum Gasteiger partial charge on any atom is -0.0632 e. The standard InChI is InChI=1S/C10H6Si2/c11-8-5-1-3-7-4-2-6-9(12)10(7)8/h1-6H. The first kappa shape index (κ1) is 7.77. The maximum Gasteiger partial charge on any atom is 0.0720 e. The first-order valence-corrected chi connectivity index (χ1v) is 4.74. The molecule has 2 rings (SSSR count). The summed E-state index contributed by atoms with van der Waals surface area (Å²) in [7, 11) is 7.14. The van der Waals surface area contributed by atoms with Crippen LogP contribution in [0.25, 0.3) is 10.8 Å². The van der Waals surface area contributed by atoms with Gasteiger partial charge in [0, 0.05) is 0 Å². The molecule has 2 aromatic rings. The Morgan fingerprint density at radius 2 is 1.25 bits per heavy atom. The summed E-state index contributed by atoms with van der Waals surface area (Å²) < 4.78 is 0. The highest BCUT2D eigenvalue weighted by atomic mass is 28.1. The molecule has 0 nitrogen and oxygen atoms in total. The number of rotatable bonds is 0. The molecule has 0 aliphatic carbocycles. The van der Waals surface area contributed by atoms with E-state index in [4.69, 9.17) is 0 Å². The molecule has 6 radical (unpaired) electrons. The van der Waals surface area contributed by atoms with Crippen molar-refractivity contribution in [3.05, 3.63) is 36.4 Å². The van der Waals surface area contributed by atoms with E-state index in [1.807, 2.05) is 24.3 Å². The summed E-state index contributed by atoms with van der Waals surface area (Å²) in [6, 6.07) is 12.4. The Labute approximate surface area is 78.5 Å². The Morgan fingerprint density at radius 3 is 1.67 bits per heavy atom. The number of benzene rings is 2. The van der Waals surface area contributed by atoms with Gasteiger partial charge in [-0.15, -0.1) is 0 Å². The molecular weight excluding hydrogens is 176 g/mol. The Kier molecular flexibility index (Phi) is 1.86. The van der Waals surface area contributed by atoms with Crippen LogP contribution in [-0.4, -0.2) is 20.5 Å². The fourth-order valence-electron chi connectivity index (χ4n) is 1.34. The summed E-state index contributed by atoms with van der Waals surface area (Å²) in [4.78, 5) is 0. The lowest BCUT2D eigenvalue weighted by Crippen LogP contribution is -2.14. The summed E-state index contributed by atoms with van der Waals surface area (Å²) >= 11 is 0. The van der Waals surface area contributed by atoms with Gasteiger partial charge in [-0.2, -0.15) is 0 Å². The largest absolute Gasteiger partial charge is 0.0720 e. The van der Waals surface area contributed by atoms with Crippen molar-refractivity contribution in [3.8, 4) is 0 Å². The van der Waals surface area contributed by atoms with Crippen LogP contribution >= 0.6 is 0 Å². The van der Waals surface area contributed by atoms with E-state index in [9.17, 15) is 0 Å². The van der Waals surface area contributed by atoms with Crippen molar-refractivity contribution in [2.24, 2.45) is 0 Å². The zero-order valence-electron chi connectivity index (χ0n) is 6.46. The smallest absolute Gasteiger partial charge is 0.0632 e. The fourth-order valence-corrected chi connectivity index (χ4v) is 2.22. The van der Waals surface area contributed by atoms with Gasteiger partial charge < -0.3 is 0 Å². The van der Waals surface area contributed by atoms with E-state index in [0.29, 0.717) is 0 Å². The summed E-state index contributed by atoms with van der Waals surface area (Å²) in [6.07, 6.45) is 0. The molecule has 0 heterocycles. The number of fused-ring (bicyclic) bond motifs is 1. The van der Waals surface area contributed by atoms with Crippen LogP contribution in [0.5, 0.6) is 0 Å². The van der Waals surface area contributed by atoms with Crippen molar-refractivity contribution in [2.75, 3.05) is 0 Å². The molecular formula is C10H6Si2. The molecule has 2 heteroatoms. The minimum absolute atomic E-state index is 1.12. The van der Waals surface area contributed by atoms with E-state index in [2.05, 4.69) is 32.6 Å². The van der Waals surface area contributed by atoms with Crippen molar-refractivity contribution >= 4 is 41.6 Å². The molecule has 0 saturated carbocycles. The Bertz CT molecular complexity index is 384. The monoisotopic (exact) mass is 182 g/mol. The van der Waals surface area contributed by atoms with E-state index in [-0.39, 0.29) is 0 Å². The summed E-state index contributed by atoms with van der Waals surface area (Å²) in [5.41, 5.74) is 0. The van der Waals surface area contributed by atoms with Crippen LogP contribution < -0.4 is 10.4 Å². The lowest BCUT2D eigenvalue weighted by atomic mass is 10.1. The topological polar surface area (TPSA) is 0 Å². The van der Waals surface area contributed by atoms with Gasteiger partial charge in [-0.05, 0) is 10.8 Å². The highest BCUT2D eigenvalue weighted by Crippen LogP contribution is 2.06. The van der Waals surface area contributed by atoms with Crippen LogP contribution in [-0.2, 0) is 0 Å². The summed E-state index contributed by atoms with van der Waals surface area (Å²) in [5.74, 6) is 0. The molecule has 54 valence electrons. The quantitative estimate of drug-likeness (QED) is 0.518. The lowest BCUT2D eigenvalue weighted by Gasteiger charge is -2.04. The van der Waals surface area contributed by atoms with Gasteiger partial charge in [0.05, 0.1) is 20.5 Å². The van der Waals surface area contributed by atoms with Gasteiger partial charge in [0.2, 0.25) is 0 Å². The van der Waals surface area contributed by atoms with Gasteiger partial charge in [0.15, 0.2) is 0 Å². The number of hydrogen-bond donors (Lipinski definition) is 0. The lowest BCUT2D eigenvalue weighted by molar-refractivity contribution is 1.82. The SMILES string of the molecule is [Si]c1cccc2cccc([Si])c12. The third-order valence-corrected chi connectivity index (χ3v) is 2.74. The molecule has 2 aromatic carbocycles. The molecule has 0 aromatic heterocycles. The molecule has 0 aliphatic rings. The molecule has 0 atom stereocenters. The predicted molar refractivity (Wildman–Crippen MR) is 54.7 cm³/mol. The van der Waals surface area contributed by atoms with Crippen LogP contribution in [0.3, 0.4) is 0 Å². The maximum absolute atomic E-state index is 3.57. The molecule has 0 fully saturated rings. The Hall–Kier alpha value is -0.866. The molecule has 0 saturated heterocycles. The first-order chi connectivity index (χ1) is 5.79. The van der Waals surface area contributed by atoms with E-state index in [0.717, 1.165) is 10.4 Å². The molecule has 0 amide bonds. The highest BCUT2D eigenvalue weighted by molar-refractivity contribution is 6.47. The number of hydrogen-bond acceptors (Lipinski definition) is 0. The molecule has 0 N–H and O–H groups in total. The average molecular weight is 182 g/mol. The second-order valence-electron chi connectivity index (χ2n) is 2.71. The van der Waals surface area contributed by atoms with Gasteiger partial charge in [-0.3, -0.25) is 0 Å². The minimum atomic E-state index is 1.12. The van der Waals surface area contributed by atoms with Gasteiger partial charge in [0.25, 0.3) is 0 Å². The van der Waals surface area contributed by atoms with Crippen LogP contribution in [0.2, 0.25) is 0 Å². The second kappa shape index (κ2) is 2.88. The van der Waals surface area contributed by atoms with Crippen molar-refractivity contribution in [1.82, 2.24) is 0 Å². The third-order valence-electron chi connectivity index (χ3n) is 1.90. The Morgan fingerprint density at radius 1 is 0.750 bits per heavy atom. The van der Waals surface area contributed by atoms with Gasteiger partial charge in [-0.1, -0.05) is 46.8 Å². The predicted octanol–water partition coefficient (Wildman–Crippen LogP) is 0.427. The summed E-state index contributed by atoms with van der Waals surface area (Å²) in [5, 5.41) is 4.72. The molecule has 0 spiro atoms. The van der Waals surface area contributed by atoms with E-state index in [1.54, 1.807) is 0 Å². The van der Waals surface area contributed by atoms with Crippen molar-refractivity contribution < 1.29 is 0 Å². The van der Waals surface area contributed by atoms with Crippen LogP contribution in [0.4, 0.5) is 0 Å². The van der Waals surface area contributed by atoms with Gasteiger partial charge >= 0.3 is 0 Å². The zero-order chi connectivity index (χ0) is 8.55. The molecule has 0 unspecified atom stereocenters. The van der Waals surface area contributed by atoms with Gasteiger partial charge in [-0.25, -0.2) is 0 Å². The van der Waals surface area contributed by atoms with Gasteiger partial charge in [0.1, 0.15) is 0 Å². The van der Waals surface area contributed by atoms with E-state index >= 15 is 0 Å². The summed E-state index contributed by atoms with van der Waals surface area (Å²) in [6.45, 7) is 0. The van der Waals surface area contributed by atoms with Crippen LogP contribution in [0.1, 0.15) is 0 Å². The average Bonchev–Trinajstić information content (AvgIpc) is 2.04.